The molecule has 0 aromatic carbocycles. The van der Waals surface area contributed by atoms with Crippen LogP contribution in [0.3, 0.4) is 0 Å². The standard InChI is InChI=1S/C14H26N2O/c1-10(2)12-5-3-4-6-13(12)16-11-7-8-14(17)15-9-11/h10-13,16H,3-9H2,1-2H3,(H,15,17). The van der Waals surface area contributed by atoms with Crippen molar-refractivity contribution < 1.29 is 4.79 Å². The normalized spacial score (nSPS) is 34.8. The van der Waals surface area contributed by atoms with Crippen LogP contribution >= 0.6 is 0 Å². The van der Waals surface area contributed by atoms with Crippen molar-refractivity contribution in [1.29, 1.82) is 0 Å². The van der Waals surface area contributed by atoms with Crippen LogP contribution in [0.15, 0.2) is 0 Å². The highest BCUT2D eigenvalue weighted by molar-refractivity contribution is 5.76. The molecular formula is C14H26N2O. The first-order valence-corrected chi connectivity index (χ1v) is 7.19. The lowest BCUT2D eigenvalue weighted by molar-refractivity contribution is -0.122. The molecule has 3 nitrogen and oxygen atoms in total. The minimum absolute atomic E-state index is 0.215. The molecular weight excluding hydrogens is 212 g/mol. The number of carbonyl (C=O) groups is 1. The Morgan fingerprint density at radius 3 is 2.65 bits per heavy atom. The fourth-order valence-electron chi connectivity index (χ4n) is 3.34. The van der Waals surface area contributed by atoms with E-state index < -0.39 is 0 Å². The van der Waals surface area contributed by atoms with Crippen LogP contribution in [0, 0.1) is 11.8 Å². The van der Waals surface area contributed by atoms with Crippen LogP contribution < -0.4 is 10.6 Å². The van der Waals surface area contributed by atoms with Gasteiger partial charge in [0.15, 0.2) is 0 Å². The van der Waals surface area contributed by atoms with Gasteiger partial charge in [-0.15, -0.1) is 0 Å². The fourth-order valence-corrected chi connectivity index (χ4v) is 3.34. The summed E-state index contributed by atoms with van der Waals surface area (Å²) in [5, 5.41) is 6.76. The maximum absolute atomic E-state index is 11.1. The van der Waals surface area contributed by atoms with Gasteiger partial charge in [0.2, 0.25) is 5.91 Å². The topological polar surface area (TPSA) is 41.1 Å². The molecule has 1 saturated carbocycles. The van der Waals surface area contributed by atoms with Crippen LogP contribution in [0.1, 0.15) is 52.4 Å². The van der Waals surface area contributed by atoms with E-state index in [4.69, 9.17) is 0 Å². The molecule has 0 radical (unpaired) electrons. The molecule has 0 aromatic rings. The maximum atomic E-state index is 11.1. The summed E-state index contributed by atoms with van der Waals surface area (Å²) in [6.45, 7) is 5.50. The Kier molecular flexibility index (Phi) is 4.43. The Labute approximate surface area is 105 Å². The second-order valence-corrected chi connectivity index (χ2v) is 6.01. The number of hydrogen-bond donors (Lipinski definition) is 2. The van der Waals surface area contributed by atoms with Crippen LogP contribution in [-0.4, -0.2) is 24.5 Å². The Balaban J connectivity index is 1.85. The molecule has 2 N–H and O–H groups in total. The first-order chi connectivity index (χ1) is 8.16. The van der Waals surface area contributed by atoms with Crippen molar-refractivity contribution in [3.63, 3.8) is 0 Å². The Morgan fingerprint density at radius 1 is 1.24 bits per heavy atom. The minimum Gasteiger partial charge on any atom is -0.355 e. The van der Waals surface area contributed by atoms with Gasteiger partial charge in [0.05, 0.1) is 0 Å². The van der Waals surface area contributed by atoms with Gasteiger partial charge in [-0.05, 0) is 31.1 Å². The zero-order valence-corrected chi connectivity index (χ0v) is 11.2. The van der Waals surface area contributed by atoms with Crippen molar-refractivity contribution in [3.05, 3.63) is 0 Å². The molecule has 17 heavy (non-hydrogen) atoms. The van der Waals surface area contributed by atoms with Gasteiger partial charge in [0, 0.05) is 25.0 Å². The molecule has 2 rings (SSSR count). The predicted octanol–water partition coefficient (Wildman–Crippen LogP) is 2.07. The van der Waals surface area contributed by atoms with E-state index in [0.717, 1.165) is 24.8 Å². The van der Waals surface area contributed by atoms with Crippen LogP contribution in [0.2, 0.25) is 0 Å². The van der Waals surface area contributed by atoms with Crippen LogP contribution in [0.5, 0.6) is 0 Å². The summed E-state index contributed by atoms with van der Waals surface area (Å²) in [4.78, 5) is 11.1. The molecule has 0 bridgehead atoms. The lowest BCUT2D eigenvalue weighted by Gasteiger charge is -2.38. The highest BCUT2D eigenvalue weighted by atomic mass is 16.1. The molecule has 1 saturated heterocycles. The molecule has 2 fully saturated rings. The van der Waals surface area contributed by atoms with Gasteiger partial charge in [-0.25, -0.2) is 0 Å². The molecule has 3 unspecified atom stereocenters. The summed E-state index contributed by atoms with van der Waals surface area (Å²) in [5.74, 6) is 1.81. The smallest absolute Gasteiger partial charge is 0.220 e. The first kappa shape index (κ1) is 12.9. The Hall–Kier alpha value is -0.570. The summed E-state index contributed by atoms with van der Waals surface area (Å²) in [5.41, 5.74) is 0. The van der Waals surface area contributed by atoms with E-state index in [1.807, 2.05) is 0 Å². The van der Waals surface area contributed by atoms with E-state index in [9.17, 15) is 4.79 Å². The summed E-state index contributed by atoms with van der Waals surface area (Å²) in [7, 11) is 0. The maximum Gasteiger partial charge on any atom is 0.220 e. The number of piperidine rings is 1. The Morgan fingerprint density at radius 2 is 2.00 bits per heavy atom. The molecule has 1 heterocycles. The fraction of sp³-hybridized carbons (Fsp3) is 0.929. The second kappa shape index (κ2) is 5.85. The van der Waals surface area contributed by atoms with Gasteiger partial charge < -0.3 is 10.6 Å². The number of carbonyl (C=O) groups excluding carboxylic acids is 1. The molecule has 0 spiro atoms. The number of amides is 1. The van der Waals surface area contributed by atoms with E-state index in [1.54, 1.807) is 0 Å². The molecule has 98 valence electrons. The first-order valence-electron chi connectivity index (χ1n) is 7.19. The molecule has 3 atom stereocenters. The van der Waals surface area contributed by atoms with Gasteiger partial charge in [-0.2, -0.15) is 0 Å². The van der Waals surface area contributed by atoms with Crippen molar-refractivity contribution in [2.24, 2.45) is 11.8 Å². The lowest BCUT2D eigenvalue weighted by atomic mass is 9.77. The van der Waals surface area contributed by atoms with Gasteiger partial charge >= 0.3 is 0 Å². The SMILES string of the molecule is CC(C)C1CCCCC1NC1CCC(=O)NC1. The van der Waals surface area contributed by atoms with E-state index in [2.05, 4.69) is 24.5 Å². The highest BCUT2D eigenvalue weighted by Crippen LogP contribution is 2.30. The molecule has 1 aliphatic carbocycles. The van der Waals surface area contributed by atoms with Crippen LogP contribution in [0.4, 0.5) is 0 Å². The predicted molar refractivity (Wildman–Crippen MR) is 69.8 cm³/mol. The van der Waals surface area contributed by atoms with Crippen molar-refractivity contribution >= 4 is 5.91 Å². The average molecular weight is 238 g/mol. The van der Waals surface area contributed by atoms with E-state index in [1.165, 1.54) is 25.7 Å². The van der Waals surface area contributed by atoms with Crippen molar-refractivity contribution in [1.82, 2.24) is 10.6 Å². The zero-order chi connectivity index (χ0) is 12.3. The van der Waals surface area contributed by atoms with Gasteiger partial charge in [-0.3, -0.25) is 4.79 Å². The summed E-state index contributed by atoms with van der Waals surface area (Å²) >= 11 is 0. The second-order valence-electron chi connectivity index (χ2n) is 6.01. The van der Waals surface area contributed by atoms with E-state index in [-0.39, 0.29) is 5.91 Å². The third-order valence-electron chi connectivity index (χ3n) is 4.39. The van der Waals surface area contributed by atoms with Crippen LogP contribution in [0.25, 0.3) is 0 Å². The summed E-state index contributed by atoms with van der Waals surface area (Å²) in [6, 6.07) is 1.17. The minimum atomic E-state index is 0.215. The molecule has 1 aliphatic heterocycles. The monoisotopic (exact) mass is 238 g/mol. The average Bonchev–Trinajstić information content (AvgIpc) is 2.32. The number of nitrogens with one attached hydrogen (secondary N) is 2. The third kappa shape index (κ3) is 3.44. The lowest BCUT2D eigenvalue weighted by Crippen LogP contribution is -2.52. The van der Waals surface area contributed by atoms with Gasteiger partial charge in [-0.1, -0.05) is 26.7 Å². The van der Waals surface area contributed by atoms with Crippen LogP contribution in [-0.2, 0) is 4.79 Å². The van der Waals surface area contributed by atoms with Crippen molar-refractivity contribution in [2.75, 3.05) is 6.54 Å². The largest absolute Gasteiger partial charge is 0.355 e. The molecule has 2 aliphatic rings. The third-order valence-corrected chi connectivity index (χ3v) is 4.39. The van der Waals surface area contributed by atoms with E-state index >= 15 is 0 Å². The molecule has 3 heteroatoms. The summed E-state index contributed by atoms with van der Waals surface area (Å²) in [6.07, 6.45) is 7.13. The highest BCUT2D eigenvalue weighted by Gasteiger charge is 2.30. The number of hydrogen-bond acceptors (Lipinski definition) is 2. The molecule has 1 amide bonds. The zero-order valence-electron chi connectivity index (χ0n) is 11.2. The van der Waals surface area contributed by atoms with Crippen molar-refractivity contribution in [2.45, 2.75) is 64.5 Å². The Bertz CT molecular complexity index is 255. The quantitative estimate of drug-likeness (QED) is 0.790. The van der Waals surface area contributed by atoms with Gasteiger partial charge in [0.1, 0.15) is 0 Å². The van der Waals surface area contributed by atoms with Crippen molar-refractivity contribution in [3.8, 4) is 0 Å². The summed E-state index contributed by atoms with van der Waals surface area (Å²) < 4.78 is 0. The van der Waals surface area contributed by atoms with Gasteiger partial charge in [0.25, 0.3) is 0 Å². The molecule has 0 aromatic heterocycles. The number of rotatable bonds is 3. The van der Waals surface area contributed by atoms with E-state index in [0.29, 0.717) is 18.5 Å².